The summed E-state index contributed by atoms with van der Waals surface area (Å²) in [6, 6.07) is 53.2. The third kappa shape index (κ3) is 18.1. The number of aliphatic hydroxyl groups is 2. The Morgan fingerprint density at radius 3 is 0.813 bits per heavy atom. The molecule has 26 nitrogen and oxygen atoms in total. The Hall–Kier alpha value is -12.0. The molecule has 0 saturated heterocycles. The Morgan fingerprint density at radius 2 is 0.545 bits per heavy atom. The third-order valence-corrected chi connectivity index (χ3v) is 30.3. The first kappa shape index (κ1) is 88.5. The van der Waals surface area contributed by atoms with E-state index in [0.717, 1.165) is 155 Å². The lowest BCUT2D eigenvalue weighted by molar-refractivity contribution is 0.173. The molecule has 4 aromatic carbocycles. The summed E-state index contributed by atoms with van der Waals surface area (Å²) in [5.41, 5.74) is 18.7. The lowest BCUT2D eigenvalue weighted by atomic mass is 9.87. The number of fused-ring (bicyclic) bond motifs is 16. The second-order valence-electron chi connectivity index (χ2n) is 40.2. The van der Waals surface area contributed by atoms with E-state index in [4.69, 9.17) is 39.9 Å². The second kappa shape index (κ2) is 38.7. The van der Waals surface area contributed by atoms with Gasteiger partial charge >= 0.3 is 0 Å². The van der Waals surface area contributed by atoms with Crippen LogP contribution in [-0.2, 0) is 26.2 Å². The third-order valence-electron chi connectivity index (χ3n) is 30.3. The zero-order chi connectivity index (χ0) is 91.2. The number of nitrogens with one attached hydrogen (secondary N) is 6. The van der Waals surface area contributed by atoms with Gasteiger partial charge < -0.3 is 60.4 Å². The van der Waals surface area contributed by atoms with Gasteiger partial charge in [0.15, 0.2) is 0 Å². The maximum Gasteiger partial charge on any atom is 0.230 e. The van der Waals surface area contributed by atoms with Crippen LogP contribution in [0.25, 0.3) is 87.7 Å². The Labute approximate surface area is 783 Å². The standard InChI is InChI=1S/2C28H34N6O.2C26H30N6/c2*1-18-7-10-21(11-8-18)34-24-6-4-3-5-22(24)23-15-29-28(32-27(23)34)31-25-12-9-20-17-33(13-14-35)16-19(2)26(20)30-25;2*1-16-7-10-19(11-8-16)32-22-6-4-3-5-20(22)21-15-28-26(31-25(21)32)30-23-12-9-18-14-27-13-17(2)24(18)29-23/h2*3-6,9,12,15,18-19,21,35H,7-8,10-11,13-14,16-17H2,1-2H3,(H,29,30,31,32);2*3-6,9,12,15-17,19,27H,7-8,10-11,13-14H2,1-2H3,(H,28,29,30,31)/t2*18?,19-,21?;2*16?,17-,19?/m1010/s1. The van der Waals surface area contributed by atoms with Gasteiger partial charge in [-0.15, -0.1) is 0 Å². The van der Waals surface area contributed by atoms with E-state index in [1.54, 1.807) is 0 Å². The van der Waals surface area contributed by atoms with Gasteiger partial charge in [-0.05, 0) is 197 Å². The van der Waals surface area contributed by atoms with Crippen LogP contribution in [0.3, 0.4) is 0 Å². The van der Waals surface area contributed by atoms with E-state index in [1.807, 2.05) is 49.1 Å². The van der Waals surface area contributed by atoms with Crippen LogP contribution in [0.5, 0.6) is 0 Å². The molecule has 16 heterocycles. The largest absolute Gasteiger partial charge is 0.395 e. The Balaban J connectivity index is 0.000000107. The smallest absolute Gasteiger partial charge is 0.230 e. The summed E-state index contributed by atoms with van der Waals surface area (Å²) in [6.07, 6.45) is 27.7. The molecule has 0 unspecified atom stereocenters. The molecule has 0 spiro atoms. The van der Waals surface area contributed by atoms with Crippen LogP contribution in [0.2, 0.25) is 0 Å². The molecule has 692 valence electrons. The molecule has 134 heavy (non-hydrogen) atoms. The van der Waals surface area contributed by atoms with Crippen molar-refractivity contribution in [2.24, 2.45) is 23.7 Å². The van der Waals surface area contributed by atoms with E-state index in [1.165, 1.54) is 180 Å². The summed E-state index contributed by atoms with van der Waals surface area (Å²) in [5, 5.41) is 48.4. The van der Waals surface area contributed by atoms with Gasteiger partial charge in [0.05, 0.1) is 58.1 Å². The van der Waals surface area contributed by atoms with E-state index in [-0.39, 0.29) is 13.2 Å². The number of para-hydroxylation sites is 4. The van der Waals surface area contributed by atoms with Crippen LogP contribution in [0.1, 0.15) is 251 Å². The number of hydrogen-bond donors (Lipinski definition) is 8. The molecule has 24 rings (SSSR count). The Kier molecular flexibility index (Phi) is 25.6. The van der Waals surface area contributed by atoms with Gasteiger partial charge in [0.2, 0.25) is 23.8 Å². The van der Waals surface area contributed by atoms with Crippen molar-refractivity contribution in [1.29, 1.82) is 0 Å². The fourth-order valence-corrected chi connectivity index (χ4v) is 23.1. The van der Waals surface area contributed by atoms with Crippen LogP contribution in [0.4, 0.5) is 47.1 Å². The maximum absolute atomic E-state index is 9.31. The minimum Gasteiger partial charge on any atom is -0.395 e. The summed E-state index contributed by atoms with van der Waals surface area (Å²) in [6.45, 7) is 27.2. The van der Waals surface area contributed by atoms with Gasteiger partial charge in [0.25, 0.3) is 0 Å². The van der Waals surface area contributed by atoms with E-state index in [2.05, 4.69) is 257 Å². The fourth-order valence-electron chi connectivity index (χ4n) is 23.1. The zero-order valence-corrected chi connectivity index (χ0v) is 78.8. The first-order valence-electron chi connectivity index (χ1n) is 49.7. The van der Waals surface area contributed by atoms with E-state index in [0.29, 0.717) is 84.7 Å². The lowest BCUT2D eigenvalue weighted by Crippen LogP contribution is -2.35. The summed E-state index contributed by atoms with van der Waals surface area (Å²) in [7, 11) is 0. The number of anilines is 8. The van der Waals surface area contributed by atoms with Gasteiger partial charge in [-0.1, -0.05) is 152 Å². The van der Waals surface area contributed by atoms with Crippen molar-refractivity contribution in [3.05, 3.63) is 215 Å². The minimum absolute atomic E-state index is 0.186. The topological polar surface area (TPSA) is 294 Å². The molecule has 16 aromatic rings. The highest BCUT2D eigenvalue weighted by Gasteiger charge is 2.33. The number of pyridine rings is 4. The predicted octanol–water partition coefficient (Wildman–Crippen LogP) is 22.1. The second-order valence-corrected chi connectivity index (χ2v) is 40.2. The van der Waals surface area contributed by atoms with E-state index < -0.39 is 0 Å². The molecule has 4 saturated carbocycles. The predicted molar refractivity (Wildman–Crippen MR) is 539 cm³/mol. The normalized spacial score (nSPS) is 23.2. The van der Waals surface area contributed by atoms with Crippen molar-refractivity contribution in [3.63, 3.8) is 0 Å². The molecule has 26 heteroatoms. The van der Waals surface area contributed by atoms with Gasteiger partial charge in [-0.3, -0.25) is 9.80 Å². The zero-order valence-electron chi connectivity index (χ0n) is 78.8. The molecule has 12 aromatic heterocycles. The molecule has 8 N–H and O–H groups in total. The van der Waals surface area contributed by atoms with Gasteiger partial charge in [0.1, 0.15) is 45.9 Å². The van der Waals surface area contributed by atoms with Crippen LogP contribution >= 0.6 is 0 Å². The molecule has 0 radical (unpaired) electrons. The Morgan fingerprint density at radius 1 is 0.291 bits per heavy atom. The summed E-state index contributed by atoms with van der Waals surface area (Å²) in [5.74, 6) is 10.2. The lowest BCUT2D eigenvalue weighted by Gasteiger charge is -2.32. The van der Waals surface area contributed by atoms with Crippen molar-refractivity contribution >= 4 is 135 Å². The molecule has 0 bridgehead atoms. The van der Waals surface area contributed by atoms with Crippen LogP contribution in [0, 0.1) is 23.7 Å². The molecule has 4 atom stereocenters. The SMILES string of the molecule is CC1CCC(n2c3ccccc3c3cnc(Nc4ccc5c(n4)[C@@H](C)CN(CCO)C5)nc32)CC1.CC1CCC(n2c3ccccc3c3cnc(Nc4ccc5c(n4)[C@@H](C)CNC5)nc32)CC1.CC1CCC(n2c3ccccc3c3cnc(Nc4ccc5c(n4)[C@H](C)CN(CCO)C5)nc32)CC1.CC1CCC(n2c3ccccc3c3cnc(Nc4ccc5c(n4)[C@H](C)CNC5)nc32)CC1. The van der Waals surface area contributed by atoms with Crippen molar-refractivity contribution in [2.45, 2.75) is 232 Å². The number of aromatic nitrogens is 16. The maximum atomic E-state index is 9.31. The first-order valence-corrected chi connectivity index (χ1v) is 49.7. The number of rotatable bonds is 16. The average Bonchev–Trinajstić information content (AvgIpc) is 1.61. The highest BCUT2D eigenvalue weighted by Crippen LogP contribution is 2.46. The van der Waals surface area contributed by atoms with E-state index in [9.17, 15) is 10.2 Å². The van der Waals surface area contributed by atoms with Gasteiger partial charge in [0, 0.05) is 181 Å². The van der Waals surface area contributed by atoms with Gasteiger partial charge in [-0.2, -0.15) is 19.9 Å². The molecule has 4 aliphatic carbocycles. The summed E-state index contributed by atoms with van der Waals surface area (Å²) < 4.78 is 9.86. The van der Waals surface area contributed by atoms with Gasteiger partial charge in [-0.25, -0.2) is 39.9 Å². The minimum atomic E-state index is 0.186. The summed E-state index contributed by atoms with van der Waals surface area (Å²) in [4.78, 5) is 63.0. The quantitative estimate of drug-likeness (QED) is 0.0446. The number of hydrogen-bond acceptors (Lipinski definition) is 22. The fraction of sp³-hybridized carbons (Fsp3) is 0.444. The summed E-state index contributed by atoms with van der Waals surface area (Å²) >= 11 is 0. The first-order chi connectivity index (χ1) is 65.5. The van der Waals surface area contributed by atoms with Crippen molar-refractivity contribution in [2.75, 3.05) is 73.7 Å². The van der Waals surface area contributed by atoms with Crippen LogP contribution in [0.15, 0.2) is 170 Å². The van der Waals surface area contributed by atoms with Crippen molar-refractivity contribution in [1.82, 2.24) is 98.5 Å². The van der Waals surface area contributed by atoms with E-state index >= 15 is 0 Å². The molecular weight excluding hydrogens is 1670 g/mol. The Bertz CT molecular complexity index is 6520. The highest BCUT2D eigenvalue weighted by molar-refractivity contribution is 6.09. The number of aliphatic hydroxyl groups excluding tert-OH is 2. The molecule has 4 fully saturated rings. The molecule has 0 amide bonds. The average molecular weight is 1790 g/mol. The number of benzene rings is 4. The number of β-amino-alcohol motifs (C(OH)–C–C–N with tert-alkyl or cyclic N) is 2. The highest BCUT2D eigenvalue weighted by atomic mass is 16.3. The number of nitrogens with zero attached hydrogens (tertiary/aromatic N) is 18. The van der Waals surface area contributed by atoms with Crippen LogP contribution < -0.4 is 31.9 Å². The molecular formula is C108H128N24O2. The van der Waals surface area contributed by atoms with Crippen molar-refractivity contribution in [3.8, 4) is 0 Å². The molecule has 4 aliphatic heterocycles. The van der Waals surface area contributed by atoms with Crippen LogP contribution in [-0.4, -0.2) is 151 Å². The molecule has 8 aliphatic rings. The van der Waals surface area contributed by atoms with Crippen molar-refractivity contribution < 1.29 is 10.2 Å². The monoisotopic (exact) mass is 1790 g/mol.